The van der Waals surface area contributed by atoms with Crippen LogP contribution in [0.2, 0.25) is 10.0 Å². The topological polar surface area (TPSA) is 84.7 Å². The number of rotatable bonds is 8. The van der Waals surface area contributed by atoms with E-state index in [9.17, 15) is 8.42 Å². The normalized spacial score (nSPS) is 12.0. The summed E-state index contributed by atoms with van der Waals surface area (Å²) in [5, 5.41) is 0.134. The number of benzene rings is 1. The van der Waals surface area contributed by atoms with Gasteiger partial charge in [0, 0.05) is 13.1 Å². The fourth-order valence-electron chi connectivity index (χ4n) is 1.43. The molecule has 0 spiro atoms. The van der Waals surface area contributed by atoms with Crippen LogP contribution >= 0.6 is 23.2 Å². The molecule has 0 unspecified atom stereocenters. The van der Waals surface area contributed by atoms with Crippen molar-refractivity contribution in [1.82, 2.24) is 9.62 Å². The van der Waals surface area contributed by atoms with Crippen LogP contribution in [-0.2, 0) is 14.8 Å². The fourth-order valence-corrected chi connectivity index (χ4v) is 3.21. The summed E-state index contributed by atoms with van der Waals surface area (Å²) >= 11 is 11.7. The minimum absolute atomic E-state index is 0.0449. The summed E-state index contributed by atoms with van der Waals surface area (Å²) in [4.78, 5) is 1.87. The van der Waals surface area contributed by atoms with Crippen molar-refractivity contribution in [2.75, 3.05) is 46.1 Å². The highest BCUT2D eigenvalue weighted by Crippen LogP contribution is 2.32. The highest BCUT2D eigenvalue weighted by atomic mass is 35.5. The molecule has 0 aliphatic heterocycles. The third-order valence-corrected chi connectivity index (χ3v) is 4.95. The van der Waals surface area contributed by atoms with Gasteiger partial charge in [0.2, 0.25) is 10.0 Å². The van der Waals surface area contributed by atoms with Crippen molar-refractivity contribution in [1.29, 1.82) is 0 Å². The Labute approximate surface area is 135 Å². The Morgan fingerprint density at radius 3 is 2.57 bits per heavy atom. The van der Waals surface area contributed by atoms with Crippen molar-refractivity contribution < 1.29 is 13.2 Å². The van der Waals surface area contributed by atoms with E-state index in [1.807, 2.05) is 19.0 Å². The second kappa shape index (κ2) is 8.17. The van der Waals surface area contributed by atoms with E-state index in [1.54, 1.807) is 0 Å². The Hall–Kier alpha value is -0.570. The average Bonchev–Trinajstić information content (AvgIpc) is 2.39. The van der Waals surface area contributed by atoms with Crippen molar-refractivity contribution in [2.45, 2.75) is 4.90 Å². The molecule has 0 aromatic heterocycles. The summed E-state index contributed by atoms with van der Waals surface area (Å²) in [5.41, 5.74) is 5.66. The summed E-state index contributed by atoms with van der Waals surface area (Å²) in [7, 11) is 0.114. The summed E-state index contributed by atoms with van der Waals surface area (Å²) in [6, 6.07) is 2.71. The smallest absolute Gasteiger partial charge is 0.242 e. The molecular formula is C12H19Cl2N3O3S. The van der Waals surface area contributed by atoms with E-state index in [4.69, 9.17) is 33.7 Å². The summed E-state index contributed by atoms with van der Waals surface area (Å²) in [6.07, 6.45) is 0. The lowest BCUT2D eigenvalue weighted by Gasteiger charge is -2.12. The first-order valence-electron chi connectivity index (χ1n) is 6.21. The van der Waals surface area contributed by atoms with Gasteiger partial charge in [-0.25, -0.2) is 13.1 Å². The highest BCUT2D eigenvalue weighted by Gasteiger charge is 2.20. The molecule has 3 N–H and O–H groups in total. The van der Waals surface area contributed by atoms with E-state index in [2.05, 4.69) is 4.72 Å². The van der Waals surface area contributed by atoms with Gasteiger partial charge >= 0.3 is 0 Å². The van der Waals surface area contributed by atoms with Crippen LogP contribution in [0.3, 0.4) is 0 Å². The molecule has 1 rings (SSSR count). The van der Waals surface area contributed by atoms with Gasteiger partial charge in [-0.15, -0.1) is 0 Å². The Bertz CT molecular complexity index is 579. The number of nitrogens with one attached hydrogen (secondary N) is 1. The monoisotopic (exact) mass is 355 g/mol. The Morgan fingerprint density at radius 2 is 1.95 bits per heavy atom. The van der Waals surface area contributed by atoms with Gasteiger partial charge in [-0.3, -0.25) is 0 Å². The van der Waals surface area contributed by atoms with Gasteiger partial charge in [0.15, 0.2) is 0 Å². The predicted octanol–water partition coefficient (Wildman–Crippen LogP) is 1.43. The molecule has 0 radical (unpaired) electrons. The zero-order chi connectivity index (χ0) is 16.0. The van der Waals surface area contributed by atoms with Crippen molar-refractivity contribution in [3.8, 4) is 0 Å². The third-order valence-electron chi connectivity index (χ3n) is 2.60. The number of hydrogen-bond donors (Lipinski definition) is 2. The maximum absolute atomic E-state index is 12.1. The first kappa shape index (κ1) is 18.5. The fraction of sp³-hybridized carbons (Fsp3) is 0.500. The number of nitrogen functional groups attached to an aromatic ring is 1. The van der Waals surface area contributed by atoms with Gasteiger partial charge < -0.3 is 15.4 Å². The van der Waals surface area contributed by atoms with E-state index < -0.39 is 10.0 Å². The molecule has 0 fully saturated rings. The second-order valence-electron chi connectivity index (χ2n) is 4.59. The molecule has 0 aliphatic carbocycles. The Balaban J connectivity index is 2.57. The van der Waals surface area contributed by atoms with Crippen molar-refractivity contribution >= 4 is 38.9 Å². The zero-order valence-corrected chi connectivity index (χ0v) is 14.2. The van der Waals surface area contributed by atoms with Crippen LogP contribution in [0.5, 0.6) is 0 Å². The molecule has 1 aromatic rings. The number of likely N-dealkylation sites (N-methyl/N-ethyl adjacent to an activating group) is 1. The van der Waals surface area contributed by atoms with Crippen LogP contribution in [0, 0.1) is 0 Å². The Kier molecular flexibility index (Phi) is 7.19. The predicted molar refractivity (Wildman–Crippen MR) is 85.4 cm³/mol. The minimum atomic E-state index is -3.74. The number of nitrogens with zero attached hydrogens (tertiary/aromatic N) is 1. The van der Waals surface area contributed by atoms with Crippen molar-refractivity contribution in [3.05, 3.63) is 22.2 Å². The molecule has 1 aromatic carbocycles. The van der Waals surface area contributed by atoms with Crippen LogP contribution in [0.15, 0.2) is 17.0 Å². The molecule has 0 saturated carbocycles. The van der Waals surface area contributed by atoms with Gasteiger partial charge in [0.05, 0.1) is 28.9 Å². The quantitative estimate of drug-likeness (QED) is 0.544. The minimum Gasteiger partial charge on any atom is -0.396 e. The van der Waals surface area contributed by atoms with E-state index >= 15 is 0 Å². The maximum atomic E-state index is 12.1. The number of halogens is 2. The van der Waals surface area contributed by atoms with Crippen LogP contribution < -0.4 is 10.5 Å². The molecule has 0 aliphatic rings. The lowest BCUT2D eigenvalue weighted by molar-refractivity contribution is 0.122. The summed E-state index contributed by atoms with van der Waals surface area (Å²) < 4.78 is 31.9. The van der Waals surface area contributed by atoms with Gasteiger partial charge in [-0.05, 0) is 26.2 Å². The van der Waals surface area contributed by atoms with Gasteiger partial charge in [-0.2, -0.15) is 0 Å². The molecular weight excluding hydrogens is 337 g/mol. The summed E-state index contributed by atoms with van der Waals surface area (Å²) in [5.74, 6) is 0. The lowest BCUT2D eigenvalue weighted by atomic mass is 10.3. The van der Waals surface area contributed by atoms with Crippen LogP contribution in [0.1, 0.15) is 0 Å². The van der Waals surface area contributed by atoms with Crippen molar-refractivity contribution in [2.24, 2.45) is 0 Å². The molecule has 0 heterocycles. The maximum Gasteiger partial charge on any atom is 0.242 e. The molecule has 9 heteroatoms. The average molecular weight is 356 g/mol. The number of hydrogen-bond acceptors (Lipinski definition) is 5. The second-order valence-corrected chi connectivity index (χ2v) is 7.11. The summed E-state index contributed by atoms with van der Waals surface area (Å²) in [6.45, 7) is 1.72. The first-order valence-corrected chi connectivity index (χ1v) is 8.45. The Morgan fingerprint density at radius 1 is 1.29 bits per heavy atom. The van der Waals surface area contributed by atoms with Crippen molar-refractivity contribution in [3.63, 3.8) is 0 Å². The van der Waals surface area contributed by atoms with E-state index in [0.29, 0.717) is 6.61 Å². The highest BCUT2D eigenvalue weighted by molar-refractivity contribution is 7.89. The molecule has 0 atom stereocenters. The van der Waals surface area contributed by atoms with Gasteiger partial charge in [0.25, 0.3) is 0 Å². The van der Waals surface area contributed by atoms with Gasteiger partial charge in [-0.1, -0.05) is 23.2 Å². The van der Waals surface area contributed by atoms with E-state index in [1.165, 1.54) is 12.1 Å². The van der Waals surface area contributed by atoms with E-state index in [-0.39, 0.29) is 33.8 Å². The first-order chi connectivity index (χ1) is 9.75. The lowest BCUT2D eigenvalue weighted by Crippen LogP contribution is -2.28. The SMILES string of the molecule is CN(C)CCOCCNS(=O)(=O)c1ccc(Cl)c(N)c1Cl. The molecule has 21 heavy (non-hydrogen) atoms. The molecule has 120 valence electrons. The zero-order valence-electron chi connectivity index (χ0n) is 11.9. The van der Waals surface area contributed by atoms with Crippen LogP contribution in [0.25, 0.3) is 0 Å². The number of anilines is 1. The largest absolute Gasteiger partial charge is 0.396 e. The standard InChI is InChI=1S/C12H19Cl2N3O3S/c1-17(2)6-8-20-7-5-16-21(18,19)10-4-3-9(13)12(15)11(10)14/h3-4,16H,5-8,15H2,1-2H3. The number of sulfonamides is 1. The third kappa shape index (κ3) is 5.61. The van der Waals surface area contributed by atoms with Crippen LogP contribution in [0.4, 0.5) is 5.69 Å². The van der Waals surface area contributed by atoms with Crippen LogP contribution in [-0.4, -0.2) is 53.7 Å². The van der Waals surface area contributed by atoms with E-state index in [0.717, 1.165) is 6.54 Å². The molecule has 0 amide bonds. The molecule has 0 saturated heterocycles. The molecule has 0 bridgehead atoms. The van der Waals surface area contributed by atoms with Gasteiger partial charge in [0.1, 0.15) is 4.90 Å². The number of nitrogens with two attached hydrogens (primary N) is 1. The number of ether oxygens (including phenoxy) is 1. The molecule has 6 nitrogen and oxygen atoms in total.